The van der Waals surface area contributed by atoms with E-state index in [1.807, 2.05) is 19.1 Å². The number of benzene rings is 1. The molecule has 0 saturated carbocycles. The first kappa shape index (κ1) is 9.77. The van der Waals surface area contributed by atoms with Crippen LogP contribution in [0.1, 0.15) is 22.4 Å². The van der Waals surface area contributed by atoms with Crippen LogP contribution in [0.3, 0.4) is 0 Å². The highest BCUT2D eigenvalue weighted by Gasteiger charge is 2.06. The van der Waals surface area contributed by atoms with Crippen molar-refractivity contribution in [1.82, 2.24) is 10.2 Å². The topological polar surface area (TPSA) is 48.6 Å². The van der Waals surface area contributed by atoms with Crippen molar-refractivity contribution in [3.8, 4) is 0 Å². The van der Waals surface area contributed by atoms with Crippen molar-refractivity contribution in [3.63, 3.8) is 0 Å². The van der Waals surface area contributed by atoms with Crippen molar-refractivity contribution in [2.45, 2.75) is 20.3 Å². The zero-order chi connectivity index (χ0) is 10.8. The SMILES string of the molecule is Cc1cccc(Cc2c(C)[nH][nH]c2=O)c1. The minimum atomic E-state index is -0.0194. The van der Waals surface area contributed by atoms with Gasteiger partial charge in [-0.2, -0.15) is 0 Å². The second-order valence-electron chi connectivity index (χ2n) is 3.85. The lowest BCUT2D eigenvalue weighted by atomic mass is 10.0. The number of aryl methyl sites for hydroxylation is 2. The molecule has 0 aliphatic heterocycles. The molecule has 0 saturated heterocycles. The van der Waals surface area contributed by atoms with Gasteiger partial charge in [-0.25, -0.2) is 0 Å². The maximum atomic E-state index is 11.4. The molecule has 0 radical (unpaired) electrons. The lowest BCUT2D eigenvalue weighted by Gasteiger charge is -2.00. The molecule has 2 N–H and O–H groups in total. The molecule has 3 heteroatoms. The zero-order valence-corrected chi connectivity index (χ0v) is 8.92. The first-order valence-electron chi connectivity index (χ1n) is 4.98. The fourth-order valence-corrected chi connectivity index (χ4v) is 1.71. The number of H-pyrrole nitrogens is 2. The highest BCUT2D eigenvalue weighted by Crippen LogP contribution is 2.09. The van der Waals surface area contributed by atoms with Crippen LogP contribution in [0.15, 0.2) is 29.1 Å². The number of hydrogen-bond acceptors (Lipinski definition) is 1. The smallest absolute Gasteiger partial charge is 0.267 e. The Morgan fingerprint density at radius 1 is 1.20 bits per heavy atom. The molecule has 2 rings (SSSR count). The molecular weight excluding hydrogens is 188 g/mol. The molecule has 0 bridgehead atoms. The molecule has 1 aromatic heterocycles. The highest BCUT2D eigenvalue weighted by atomic mass is 16.1. The van der Waals surface area contributed by atoms with Gasteiger partial charge < -0.3 is 5.10 Å². The average molecular weight is 202 g/mol. The van der Waals surface area contributed by atoms with Gasteiger partial charge in [0.05, 0.1) is 0 Å². The molecule has 1 heterocycles. The lowest BCUT2D eigenvalue weighted by molar-refractivity contribution is 1.02. The summed E-state index contributed by atoms with van der Waals surface area (Å²) in [5, 5.41) is 5.43. The van der Waals surface area contributed by atoms with Crippen LogP contribution in [0.4, 0.5) is 0 Å². The molecule has 0 atom stereocenters. The van der Waals surface area contributed by atoms with Crippen LogP contribution < -0.4 is 5.56 Å². The summed E-state index contributed by atoms with van der Waals surface area (Å²) in [6, 6.07) is 8.21. The number of rotatable bonds is 2. The maximum absolute atomic E-state index is 11.4. The Bertz CT molecular complexity index is 522. The van der Waals surface area contributed by atoms with Gasteiger partial charge in [0.1, 0.15) is 0 Å². The van der Waals surface area contributed by atoms with Crippen LogP contribution in [0.5, 0.6) is 0 Å². The first-order valence-corrected chi connectivity index (χ1v) is 4.98. The van der Waals surface area contributed by atoms with Crippen LogP contribution in [0.25, 0.3) is 0 Å². The third-order valence-electron chi connectivity index (χ3n) is 2.55. The third-order valence-corrected chi connectivity index (χ3v) is 2.55. The molecule has 0 unspecified atom stereocenters. The summed E-state index contributed by atoms with van der Waals surface area (Å²) < 4.78 is 0. The van der Waals surface area contributed by atoms with E-state index >= 15 is 0 Å². The number of aromatic nitrogens is 2. The fourth-order valence-electron chi connectivity index (χ4n) is 1.71. The van der Waals surface area contributed by atoms with Crippen LogP contribution in [-0.4, -0.2) is 10.2 Å². The predicted molar refractivity (Wildman–Crippen MR) is 60.1 cm³/mol. The van der Waals surface area contributed by atoms with Gasteiger partial charge in [-0.15, -0.1) is 0 Å². The van der Waals surface area contributed by atoms with Gasteiger partial charge in [-0.05, 0) is 19.4 Å². The standard InChI is InChI=1S/C12H14N2O/c1-8-4-3-5-10(6-8)7-11-9(2)13-14-12(11)15/h3-6H,7H2,1-2H3,(H2,13,14,15). The molecule has 0 aliphatic carbocycles. The molecule has 0 aliphatic rings. The maximum Gasteiger partial charge on any atom is 0.267 e. The Balaban J connectivity index is 2.33. The summed E-state index contributed by atoms with van der Waals surface area (Å²) in [5.41, 5.74) is 4.11. The summed E-state index contributed by atoms with van der Waals surface area (Å²) in [4.78, 5) is 11.4. The van der Waals surface area contributed by atoms with Crippen molar-refractivity contribution in [2.24, 2.45) is 0 Å². The lowest BCUT2D eigenvalue weighted by Crippen LogP contribution is -2.06. The molecule has 78 valence electrons. The molecule has 15 heavy (non-hydrogen) atoms. The van der Waals surface area contributed by atoms with E-state index in [-0.39, 0.29) is 5.56 Å². The van der Waals surface area contributed by atoms with E-state index in [0.29, 0.717) is 6.42 Å². The Kier molecular flexibility index (Phi) is 2.46. The van der Waals surface area contributed by atoms with Gasteiger partial charge in [0, 0.05) is 17.7 Å². The van der Waals surface area contributed by atoms with E-state index in [2.05, 4.69) is 29.3 Å². The quantitative estimate of drug-likeness (QED) is 0.767. The minimum Gasteiger partial charge on any atom is -0.302 e. The minimum absolute atomic E-state index is 0.0194. The van der Waals surface area contributed by atoms with E-state index in [1.54, 1.807) is 0 Å². The summed E-state index contributed by atoms with van der Waals surface area (Å²) in [7, 11) is 0. The van der Waals surface area contributed by atoms with E-state index in [0.717, 1.165) is 11.3 Å². The monoisotopic (exact) mass is 202 g/mol. The Morgan fingerprint density at radius 3 is 2.60 bits per heavy atom. The van der Waals surface area contributed by atoms with Gasteiger partial charge in [-0.3, -0.25) is 9.89 Å². The van der Waals surface area contributed by atoms with Crippen molar-refractivity contribution < 1.29 is 0 Å². The fraction of sp³-hybridized carbons (Fsp3) is 0.250. The largest absolute Gasteiger partial charge is 0.302 e. The van der Waals surface area contributed by atoms with Crippen LogP contribution in [0, 0.1) is 13.8 Å². The highest BCUT2D eigenvalue weighted by molar-refractivity contribution is 5.29. The number of aromatic amines is 2. The molecule has 2 aromatic rings. The number of hydrogen-bond donors (Lipinski definition) is 2. The normalized spacial score (nSPS) is 10.5. The van der Waals surface area contributed by atoms with Crippen LogP contribution >= 0.6 is 0 Å². The van der Waals surface area contributed by atoms with E-state index in [9.17, 15) is 4.79 Å². The average Bonchev–Trinajstić information content (AvgIpc) is 2.50. The summed E-state index contributed by atoms with van der Waals surface area (Å²) in [6.45, 7) is 3.96. The van der Waals surface area contributed by atoms with Crippen molar-refractivity contribution >= 4 is 0 Å². The summed E-state index contributed by atoms with van der Waals surface area (Å²) in [5.74, 6) is 0. The first-order chi connectivity index (χ1) is 7.16. The van der Waals surface area contributed by atoms with Crippen LogP contribution in [-0.2, 0) is 6.42 Å². The second kappa shape index (κ2) is 3.77. The molecular formula is C12H14N2O. The molecule has 0 spiro atoms. The molecule has 1 aromatic carbocycles. The van der Waals surface area contributed by atoms with E-state index in [4.69, 9.17) is 0 Å². The van der Waals surface area contributed by atoms with Gasteiger partial charge in [0.2, 0.25) is 0 Å². The molecule has 0 fully saturated rings. The van der Waals surface area contributed by atoms with E-state index in [1.165, 1.54) is 11.1 Å². The van der Waals surface area contributed by atoms with Crippen molar-refractivity contribution in [3.05, 3.63) is 57.0 Å². The van der Waals surface area contributed by atoms with Gasteiger partial charge in [0.25, 0.3) is 5.56 Å². The molecule has 0 amide bonds. The van der Waals surface area contributed by atoms with Gasteiger partial charge >= 0.3 is 0 Å². The van der Waals surface area contributed by atoms with Crippen molar-refractivity contribution in [1.29, 1.82) is 0 Å². The van der Waals surface area contributed by atoms with Crippen LogP contribution in [0.2, 0.25) is 0 Å². The van der Waals surface area contributed by atoms with Gasteiger partial charge in [0.15, 0.2) is 0 Å². The Hall–Kier alpha value is -1.77. The zero-order valence-electron chi connectivity index (χ0n) is 8.92. The van der Waals surface area contributed by atoms with E-state index < -0.39 is 0 Å². The Labute approximate surface area is 88.1 Å². The second-order valence-corrected chi connectivity index (χ2v) is 3.85. The Morgan fingerprint density at radius 2 is 2.00 bits per heavy atom. The van der Waals surface area contributed by atoms with Gasteiger partial charge in [-0.1, -0.05) is 29.8 Å². The third kappa shape index (κ3) is 2.01. The molecule has 3 nitrogen and oxygen atoms in total. The summed E-state index contributed by atoms with van der Waals surface area (Å²) in [6.07, 6.45) is 0.687. The summed E-state index contributed by atoms with van der Waals surface area (Å²) >= 11 is 0. The van der Waals surface area contributed by atoms with Crippen molar-refractivity contribution in [2.75, 3.05) is 0 Å². The number of nitrogens with one attached hydrogen (secondary N) is 2. The predicted octanol–water partition coefficient (Wildman–Crippen LogP) is 1.91.